The van der Waals surface area contributed by atoms with Gasteiger partial charge < -0.3 is 51.7 Å². The molecule has 0 bridgehead atoms. The SMILES string of the molecule is C.C.C.NC(N)=O.O=[C-]O.[Ca+2].[Ca+2].[Cl-].[Cl-].[OH-]. The molecule has 0 heterocycles. The van der Waals surface area contributed by atoms with Crippen molar-refractivity contribution in [3.63, 3.8) is 0 Å². The summed E-state index contributed by atoms with van der Waals surface area (Å²) in [6, 6.07) is -0.833. The molecule has 0 saturated heterocycles. The fraction of sp³-hybridized carbons (Fsp3) is 0.600. The van der Waals surface area contributed by atoms with E-state index in [1.807, 2.05) is 0 Å². The summed E-state index contributed by atoms with van der Waals surface area (Å²) in [5.41, 5.74) is 8.50. The van der Waals surface area contributed by atoms with E-state index in [1.54, 1.807) is 0 Å². The van der Waals surface area contributed by atoms with Crippen molar-refractivity contribution in [3.8, 4) is 0 Å². The van der Waals surface area contributed by atoms with Crippen LogP contribution in [0.5, 0.6) is 0 Å². The summed E-state index contributed by atoms with van der Waals surface area (Å²) >= 11 is 0. The van der Waals surface area contributed by atoms with Gasteiger partial charge in [0.05, 0.1) is 0 Å². The second-order valence-corrected chi connectivity index (χ2v) is 0.494. The third-order valence-corrected chi connectivity index (χ3v) is 0. The Hall–Kier alpha value is 1.80. The Morgan fingerprint density at radius 3 is 1.00 bits per heavy atom. The fourth-order valence-corrected chi connectivity index (χ4v) is 0. The molecule has 6 nitrogen and oxygen atoms in total. The minimum Gasteiger partial charge on any atom is -1.00 e. The van der Waals surface area contributed by atoms with Gasteiger partial charge in [-0.25, -0.2) is 4.79 Å². The van der Waals surface area contributed by atoms with Crippen molar-refractivity contribution in [2.75, 3.05) is 0 Å². The standard InChI is InChI=1S/CH4N2O.CHO2.3CH4.2Ca.2ClH.H2O/c2-1(3)4;2-1-3;;;;;;;;/h(H4,2,3,4);(H,2,3);3*1H4;;;2*1H;1H2/q;-1;;;;2*+2;;;/p-3. The molecule has 10 heteroatoms. The van der Waals surface area contributed by atoms with Gasteiger partial charge in [0.15, 0.2) is 0 Å². The van der Waals surface area contributed by atoms with E-state index >= 15 is 0 Å². The Bertz CT molecular complexity index is 80.1. The van der Waals surface area contributed by atoms with Gasteiger partial charge in [0, 0.05) is 0 Å². The van der Waals surface area contributed by atoms with Crippen molar-refractivity contribution in [2.45, 2.75) is 22.3 Å². The predicted molar refractivity (Wildman–Crippen MR) is 55.7 cm³/mol. The molecule has 2 amide bonds. The maximum Gasteiger partial charge on any atom is 2.00 e. The largest absolute Gasteiger partial charge is 2.00 e. The van der Waals surface area contributed by atoms with Gasteiger partial charge in [-0.2, -0.15) is 0 Å². The molecular weight excluding hydrogens is 303 g/mol. The number of hydrogen-bond donors (Lipinski definition) is 3. The van der Waals surface area contributed by atoms with Gasteiger partial charge in [0.1, 0.15) is 0 Å². The van der Waals surface area contributed by atoms with Crippen LogP contribution >= 0.6 is 0 Å². The number of urea groups is 1. The molecule has 0 fully saturated rings. The van der Waals surface area contributed by atoms with Crippen molar-refractivity contribution in [2.24, 2.45) is 11.5 Å². The zero-order valence-corrected chi connectivity index (χ0v) is 12.0. The molecule has 0 aromatic heterocycles. The number of rotatable bonds is 0. The van der Waals surface area contributed by atoms with Crippen LogP contribution in [0.3, 0.4) is 0 Å². The Morgan fingerprint density at radius 2 is 1.00 bits per heavy atom. The predicted octanol–water partition coefficient (Wildman–Crippen LogP) is -6.39. The normalized spacial score (nSPS) is 2.40. The quantitative estimate of drug-likeness (QED) is 0.302. The van der Waals surface area contributed by atoms with Crippen molar-refractivity contribution in [3.05, 3.63) is 0 Å². The number of primary amides is 2. The smallest absolute Gasteiger partial charge is 1.00 e. The molecule has 0 unspecified atom stereocenters. The van der Waals surface area contributed by atoms with Crippen LogP contribution in [0.1, 0.15) is 22.3 Å². The summed E-state index contributed by atoms with van der Waals surface area (Å²) in [4.78, 5) is 17.2. The van der Waals surface area contributed by atoms with Gasteiger partial charge in [-0.05, 0) is 0 Å². The van der Waals surface area contributed by atoms with E-state index in [2.05, 4.69) is 11.5 Å². The molecule has 0 atom stereocenters. The number of halogens is 2. The summed E-state index contributed by atoms with van der Waals surface area (Å²) in [5.74, 6) is 0. The van der Waals surface area contributed by atoms with Crippen molar-refractivity contribution in [1.29, 1.82) is 0 Å². The topological polar surface area (TPSA) is 136 Å². The second kappa shape index (κ2) is 103. The van der Waals surface area contributed by atoms with Crippen LogP contribution in [0.25, 0.3) is 0 Å². The third kappa shape index (κ3) is 929. The number of amides is 2. The van der Waals surface area contributed by atoms with Crippen LogP contribution in [0.2, 0.25) is 0 Å². The molecular formula is C5H18Ca2Cl2N2O4. The second-order valence-electron chi connectivity index (χ2n) is 0.494. The van der Waals surface area contributed by atoms with Crippen molar-refractivity contribution in [1.82, 2.24) is 0 Å². The van der Waals surface area contributed by atoms with E-state index in [-0.39, 0.29) is 128 Å². The minimum absolute atomic E-state index is 0. The van der Waals surface area contributed by atoms with Gasteiger partial charge in [0.25, 0.3) is 0 Å². The molecule has 0 spiro atoms. The Labute approximate surface area is 164 Å². The maximum atomic E-state index is 9.00. The molecule has 0 aliphatic carbocycles. The average molecular weight is 321 g/mol. The first-order chi connectivity index (χ1) is 3.15. The van der Waals surface area contributed by atoms with E-state index in [0.717, 1.165) is 0 Å². The summed E-state index contributed by atoms with van der Waals surface area (Å²) in [7, 11) is 0. The number of carbonyl (C=O) groups is 1. The first kappa shape index (κ1) is 90.7. The van der Waals surface area contributed by atoms with Crippen LogP contribution in [-0.2, 0) is 4.79 Å². The molecule has 0 rings (SSSR count). The van der Waals surface area contributed by atoms with Crippen LogP contribution in [0.4, 0.5) is 4.79 Å². The number of aliphatic hydroxyl groups excluding tert-OH is 1. The van der Waals surface area contributed by atoms with Crippen LogP contribution in [-0.4, -0.2) is 98.6 Å². The van der Waals surface area contributed by atoms with Gasteiger partial charge in [-0.15, -0.1) is 0 Å². The average Bonchev–Trinajstić information content (AvgIpc) is 1.33. The van der Waals surface area contributed by atoms with E-state index in [9.17, 15) is 0 Å². The maximum absolute atomic E-state index is 9.00. The van der Waals surface area contributed by atoms with Crippen molar-refractivity contribution < 1.29 is 45.0 Å². The fourth-order valence-electron chi connectivity index (χ4n) is 0. The minimum atomic E-state index is -0.833. The van der Waals surface area contributed by atoms with Gasteiger partial charge in [-0.1, -0.05) is 28.8 Å². The van der Waals surface area contributed by atoms with E-state index in [0.29, 0.717) is 6.47 Å². The number of hydrogen-bond acceptors (Lipinski definition) is 3. The summed E-state index contributed by atoms with van der Waals surface area (Å²) in [6.07, 6.45) is 0. The molecule has 0 aliphatic heterocycles. The first-order valence-corrected chi connectivity index (χ1v) is 1.21. The van der Waals surface area contributed by atoms with E-state index in [4.69, 9.17) is 14.7 Å². The third-order valence-electron chi connectivity index (χ3n) is 0. The molecule has 6 N–H and O–H groups in total. The summed E-state index contributed by atoms with van der Waals surface area (Å²) in [5, 5.41) is 6.76. The van der Waals surface area contributed by atoms with Gasteiger partial charge in [0.2, 0.25) is 0 Å². The zero-order chi connectivity index (χ0) is 6.28. The van der Waals surface area contributed by atoms with E-state index < -0.39 is 6.03 Å². The Balaban J connectivity index is -0.00000000275. The van der Waals surface area contributed by atoms with Crippen LogP contribution in [0.15, 0.2) is 0 Å². The number of carbonyl (C=O) groups excluding carboxylic acids is 1. The van der Waals surface area contributed by atoms with E-state index in [1.165, 1.54) is 0 Å². The molecule has 0 aromatic carbocycles. The molecule has 0 saturated carbocycles. The number of nitrogens with two attached hydrogens (primary N) is 2. The van der Waals surface area contributed by atoms with Crippen molar-refractivity contribution >= 4 is 88.0 Å². The van der Waals surface area contributed by atoms with Crippen LogP contribution in [0, 0.1) is 0 Å². The Morgan fingerprint density at radius 1 is 1.00 bits per heavy atom. The summed E-state index contributed by atoms with van der Waals surface area (Å²) in [6.45, 7) is 0.500. The van der Waals surface area contributed by atoms with Gasteiger partial charge in [-0.3, -0.25) is 0 Å². The molecule has 0 radical (unpaired) electrons. The van der Waals surface area contributed by atoms with Crippen LogP contribution < -0.4 is 36.3 Å². The summed E-state index contributed by atoms with van der Waals surface area (Å²) < 4.78 is 0. The zero-order valence-electron chi connectivity index (χ0n) is 6.04. The monoisotopic (exact) mass is 320 g/mol. The first-order valence-electron chi connectivity index (χ1n) is 1.21. The molecule has 90 valence electrons. The van der Waals surface area contributed by atoms with Gasteiger partial charge >= 0.3 is 81.5 Å². The molecule has 0 aliphatic rings. The molecule has 15 heavy (non-hydrogen) atoms. The molecule has 0 aromatic rings. The Kier molecular flexibility index (Phi) is 622.